The second-order valence-electron chi connectivity index (χ2n) is 6.16. The number of rotatable bonds is 6. The lowest BCUT2D eigenvalue weighted by Gasteiger charge is -2.16. The summed E-state index contributed by atoms with van der Waals surface area (Å²) in [5.41, 5.74) is 0.311. The quantitative estimate of drug-likeness (QED) is 0.327. The Labute approximate surface area is 133 Å². The second-order valence-corrected chi connectivity index (χ2v) is 6.16. The molecule has 0 amide bonds. The standard InChI is InChI=1S/C18H26O4/c1-5-6-7-8-9-10-11-12-21-16(19)14(2)15-17(20)22-13-18(15,3)4/h5-8,11-13H2,1-4H3/b15-14+. The number of cyclic esters (lactones) is 1. The third-order valence-corrected chi connectivity index (χ3v) is 3.62. The van der Waals surface area contributed by atoms with Crippen LogP contribution in [0.1, 0.15) is 59.8 Å². The molecular weight excluding hydrogens is 280 g/mol. The molecule has 0 unspecified atom stereocenters. The maximum Gasteiger partial charge on any atom is 0.335 e. The third kappa shape index (κ3) is 5.22. The summed E-state index contributed by atoms with van der Waals surface area (Å²) in [6.45, 7) is 8.08. The summed E-state index contributed by atoms with van der Waals surface area (Å²) >= 11 is 0. The molecule has 22 heavy (non-hydrogen) atoms. The fraction of sp³-hybridized carbons (Fsp3) is 0.667. The van der Waals surface area contributed by atoms with E-state index in [4.69, 9.17) is 9.47 Å². The Balaban J connectivity index is 2.44. The predicted octanol–water partition coefficient (Wildman–Crippen LogP) is 3.40. The number of carbonyl (C=O) groups is 2. The minimum atomic E-state index is -0.463. The van der Waals surface area contributed by atoms with Crippen molar-refractivity contribution in [2.45, 2.75) is 59.8 Å². The molecule has 1 rings (SSSR count). The van der Waals surface area contributed by atoms with Gasteiger partial charge in [0.2, 0.25) is 0 Å². The molecule has 0 saturated carbocycles. The number of ether oxygens (including phenoxy) is 2. The summed E-state index contributed by atoms with van der Waals surface area (Å²) in [7, 11) is 0. The molecule has 0 spiro atoms. The third-order valence-electron chi connectivity index (χ3n) is 3.62. The number of esters is 2. The van der Waals surface area contributed by atoms with Gasteiger partial charge in [0.05, 0.1) is 5.57 Å². The van der Waals surface area contributed by atoms with Gasteiger partial charge in [-0.2, -0.15) is 0 Å². The van der Waals surface area contributed by atoms with E-state index in [0.717, 1.165) is 12.8 Å². The highest BCUT2D eigenvalue weighted by Crippen LogP contribution is 2.36. The average molecular weight is 306 g/mol. The summed E-state index contributed by atoms with van der Waals surface area (Å²) in [6, 6.07) is 0. The van der Waals surface area contributed by atoms with Crippen molar-refractivity contribution >= 4 is 11.9 Å². The Morgan fingerprint density at radius 1 is 1.27 bits per heavy atom. The number of carbonyl (C=O) groups excluding carboxylic acids is 2. The molecule has 1 aliphatic rings. The molecule has 4 heteroatoms. The monoisotopic (exact) mass is 306 g/mol. The van der Waals surface area contributed by atoms with Gasteiger partial charge in [0.25, 0.3) is 0 Å². The molecule has 1 aliphatic heterocycles. The van der Waals surface area contributed by atoms with Gasteiger partial charge in [-0.05, 0) is 13.3 Å². The van der Waals surface area contributed by atoms with Crippen molar-refractivity contribution in [3.05, 3.63) is 11.1 Å². The first-order chi connectivity index (χ1) is 10.4. The van der Waals surface area contributed by atoms with Crippen LogP contribution in [0.4, 0.5) is 0 Å². The van der Waals surface area contributed by atoms with Gasteiger partial charge in [0, 0.05) is 23.8 Å². The average Bonchev–Trinajstić information content (AvgIpc) is 2.74. The molecule has 1 heterocycles. The van der Waals surface area contributed by atoms with Gasteiger partial charge in [0.1, 0.15) is 13.2 Å². The van der Waals surface area contributed by atoms with E-state index in [1.165, 1.54) is 12.8 Å². The zero-order valence-corrected chi connectivity index (χ0v) is 14.1. The van der Waals surface area contributed by atoms with E-state index in [0.29, 0.717) is 24.2 Å². The highest BCUT2D eigenvalue weighted by atomic mass is 16.5. The molecule has 0 atom stereocenters. The molecule has 0 radical (unpaired) electrons. The zero-order chi connectivity index (χ0) is 16.6. The van der Waals surface area contributed by atoms with Crippen LogP contribution < -0.4 is 0 Å². The van der Waals surface area contributed by atoms with Crippen LogP contribution in [-0.2, 0) is 19.1 Å². The molecule has 122 valence electrons. The summed E-state index contributed by atoms with van der Waals surface area (Å²) in [6.07, 6.45) is 4.92. The van der Waals surface area contributed by atoms with Crippen molar-refractivity contribution < 1.29 is 19.1 Å². The first-order valence-electron chi connectivity index (χ1n) is 7.91. The van der Waals surface area contributed by atoms with E-state index < -0.39 is 17.4 Å². The van der Waals surface area contributed by atoms with Gasteiger partial charge >= 0.3 is 11.9 Å². The highest BCUT2D eigenvalue weighted by Gasteiger charge is 2.40. The van der Waals surface area contributed by atoms with E-state index in [2.05, 4.69) is 18.8 Å². The van der Waals surface area contributed by atoms with Crippen LogP contribution in [0.25, 0.3) is 0 Å². The van der Waals surface area contributed by atoms with E-state index in [9.17, 15) is 9.59 Å². The first kappa shape index (κ1) is 18.3. The van der Waals surface area contributed by atoms with Crippen LogP contribution in [0.2, 0.25) is 0 Å². The molecule has 1 saturated heterocycles. The Bertz CT molecular complexity index is 503. The number of hydrogen-bond acceptors (Lipinski definition) is 4. The Hall–Kier alpha value is -1.76. The van der Waals surface area contributed by atoms with Gasteiger partial charge in [-0.15, -0.1) is 5.92 Å². The van der Waals surface area contributed by atoms with Gasteiger partial charge < -0.3 is 9.47 Å². The maximum absolute atomic E-state index is 12.0. The number of unbranched alkanes of at least 4 members (excludes halogenated alkanes) is 3. The van der Waals surface area contributed by atoms with E-state index >= 15 is 0 Å². The van der Waals surface area contributed by atoms with Gasteiger partial charge in [-0.3, -0.25) is 0 Å². The summed E-state index contributed by atoms with van der Waals surface area (Å²) in [5.74, 6) is 5.18. The van der Waals surface area contributed by atoms with E-state index in [1.807, 2.05) is 13.8 Å². The Kier molecular flexibility index (Phi) is 7.17. The SMILES string of the molecule is CCCCCC#CCCOC(=O)/C(C)=C1\C(=O)OCC1(C)C. The molecule has 1 fully saturated rings. The summed E-state index contributed by atoms with van der Waals surface area (Å²) in [5, 5.41) is 0. The molecule has 0 aromatic carbocycles. The van der Waals surface area contributed by atoms with Crippen LogP contribution in [0.15, 0.2) is 11.1 Å². The summed E-state index contributed by atoms with van der Waals surface area (Å²) in [4.78, 5) is 23.7. The van der Waals surface area contributed by atoms with Crippen molar-refractivity contribution in [3.63, 3.8) is 0 Å². The van der Waals surface area contributed by atoms with Crippen LogP contribution in [-0.4, -0.2) is 25.2 Å². The second kappa shape index (κ2) is 8.63. The van der Waals surface area contributed by atoms with E-state index in [-0.39, 0.29) is 6.61 Å². The Morgan fingerprint density at radius 3 is 2.55 bits per heavy atom. The zero-order valence-electron chi connectivity index (χ0n) is 14.1. The maximum atomic E-state index is 12.0. The normalized spacial score (nSPS) is 18.3. The van der Waals surface area contributed by atoms with Gasteiger partial charge in [-0.25, -0.2) is 9.59 Å². The fourth-order valence-electron chi connectivity index (χ4n) is 2.37. The van der Waals surface area contributed by atoms with Crippen molar-refractivity contribution in [1.82, 2.24) is 0 Å². The lowest BCUT2D eigenvalue weighted by molar-refractivity contribution is -0.140. The van der Waals surface area contributed by atoms with Crippen molar-refractivity contribution in [2.24, 2.45) is 5.41 Å². The lowest BCUT2D eigenvalue weighted by atomic mass is 9.84. The molecule has 4 nitrogen and oxygen atoms in total. The molecule has 0 aromatic heterocycles. The van der Waals surface area contributed by atoms with Crippen molar-refractivity contribution in [1.29, 1.82) is 0 Å². The molecule has 0 N–H and O–H groups in total. The van der Waals surface area contributed by atoms with Crippen molar-refractivity contribution in [3.8, 4) is 11.8 Å². The van der Waals surface area contributed by atoms with Crippen LogP contribution in [0.3, 0.4) is 0 Å². The molecule has 0 aliphatic carbocycles. The van der Waals surface area contributed by atoms with Crippen LogP contribution in [0.5, 0.6) is 0 Å². The largest absolute Gasteiger partial charge is 0.461 e. The molecule has 0 bridgehead atoms. The number of hydrogen-bond donors (Lipinski definition) is 0. The summed E-state index contributed by atoms with van der Waals surface area (Å²) < 4.78 is 10.2. The van der Waals surface area contributed by atoms with Crippen LogP contribution in [0, 0.1) is 17.3 Å². The minimum Gasteiger partial charge on any atom is -0.461 e. The first-order valence-corrected chi connectivity index (χ1v) is 7.91. The fourth-order valence-corrected chi connectivity index (χ4v) is 2.37. The smallest absolute Gasteiger partial charge is 0.335 e. The highest BCUT2D eigenvalue weighted by molar-refractivity contribution is 6.02. The topological polar surface area (TPSA) is 52.6 Å². The minimum absolute atomic E-state index is 0.250. The van der Waals surface area contributed by atoms with Gasteiger partial charge in [0.15, 0.2) is 0 Å². The molecule has 0 aromatic rings. The molecular formula is C18H26O4. The van der Waals surface area contributed by atoms with Crippen molar-refractivity contribution in [2.75, 3.05) is 13.2 Å². The van der Waals surface area contributed by atoms with E-state index in [1.54, 1.807) is 6.92 Å². The van der Waals surface area contributed by atoms with Gasteiger partial charge in [-0.1, -0.05) is 39.5 Å². The van der Waals surface area contributed by atoms with Crippen LogP contribution >= 0.6 is 0 Å². The predicted molar refractivity (Wildman–Crippen MR) is 84.9 cm³/mol. The Morgan fingerprint density at radius 2 is 1.95 bits per heavy atom. The lowest BCUT2D eigenvalue weighted by Crippen LogP contribution is -2.19.